The zero-order chi connectivity index (χ0) is 23.8. The molecular formula is C23H22F5N3O. The average Bonchev–Trinajstić information content (AvgIpc) is 3.02. The van der Waals surface area contributed by atoms with Crippen LogP contribution in [0.25, 0.3) is 5.69 Å². The van der Waals surface area contributed by atoms with Crippen molar-refractivity contribution in [1.29, 1.82) is 0 Å². The summed E-state index contributed by atoms with van der Waals surface area (Å²) in [5.41, 5.74) is 1.54. The highest BCUT2D eigenvalue weighted by molar-refractivity contribution is 5.79. The number of halogens is 5. The molecule has 0 radical (unpaired) electrons. The highest BCUT2D eigenvalue weighted by Crippen LogP contribution is 2.31. The quantitative estimate of drug-likeness (QED) is 0.477. The van der Waals surface area contributed by atoms with Gasteiger partial charge < -0.3 is 4.90 Å². The topological polar surface area (TPSA) is 38.1 Å². The van der Waals surface area contributed by atoms with Crippen molar-refractivity contribution < 1.29 is 26.7 Å². The second-order valence-corrected chi connectivity index (χ2v) is 7.64. The maximum Gasteiger partial charge on any atom is 0.416 e. The molecule has 4 nitrogen and oxygen atoms in total. The Labute approximate surface area is 182 Å². The summed E-state index contributed by atoms with van der Waals surface area (Å²) >= 11 is 0. The molecule has 9 heteroatoms. The van der Waals surface area contributed by atoms with E-state index in [0.717, 1.165) is 24.3 Å². The van der Waals surface area contributed by atoms with E-state index in [-0.39, 0.29) is 18.0 Å². The highest BCUT2D eigenvalue weighted by atomic mass is 19.4. The van der Waals surface area contributed by atoms with Crippen LogP contribution in [0.15, 0.2) is 42.5 Å². The lowest BCUT2D eigenvalue weighted by Crippen LogP contribution is -2.31. The molecule has 1 unspecified atom stereocenters. The van der Waals surface area contributed by atoms with Gasteiger partial charge in [-0.2, -0.15) is 18.3 Å². The third-order valence-electron chi connectivity index (χ3n) is 5.59. The van der Waals surface area contributed by atoms with Gasteiger partial charge in [0.05, 0.1) is 29.4 Å². The van der Waals surface area contributed by atoms with Crippen LogP contribution in [0, 0.1) is 25.5 Å². The Balaban J connectivity index is 1.84. The molecule has 1 atom stereocenters. The summed E-state index contributed by atoms with van der Waals surface area (Å²) in [5, 5.41) is 4.33. The number of hydrogen-bond acceptors (Lipinski definition) is 2. The fraction of sp³-hybridized carbons (Fsp3) is 0.304. The van der Waals surface area contributed by atoms with Crippen LogP contribution in [-0.4, -0.2) is 27.6 Å². The zero-order valence-electron chi connectivity index (χ0n) is 18.0. The largest absolute Gasteiger partial charge is 0.416 e. The van der Waals surface area contributed by atoms with Gasteiger partial charge in [0.25, 0.3) is 0 Å². The van der Waals surface area contributed by atoms with E-state index < -0.39 is 29.4 Å². The predicted molar refractivity (Wildman–Crippen MR) is 109 cm³/mol. The maximum absolute atomic E-state index is 13.6. The number of amides is 1. The monoisotopic (exact) mass is 451 g/mol. The molecule has 2 aromatic carbocycles. The molecule has 0 saturated heterocycles. The van der Waals surface area contributed by atoms with Crippen LogP contribution in [0.2, 0.25) is 0 Å². The van der Waals surface area contributed by atoms with Crippen LogP contribution in [0.1, 0.15) is 41.0 Å². The molecular weight excluding hydrogens is 429 g/mol. The van der Waals surface area contributed by atoms with Gasteiger partial charge in [0.15, 0.2) is 11.6 Å². The van der Waals surface area contributed by atoms with Crippen molar-refractivity contribution in [3.63, 3.8) is 0 Å². The van der Waals surface area contributed by atoms with Crippen LogP contribution in [0.5, 0.6) is 0 Å². The van der Waals surface area contributed by atoms with Gasteiger partial charge in [-0.3, -0.25) is 4.79 Å². The lowest BCUT2D eigenvalue weighted by molar-refractivity contribution is -0.137. The van der Waals surface area contributed by atoms with Crippen LogP contribution < -0.4 is 0 Å². The van der Waals surface area contributed by atoms with E-state index in [2.05, 4.69) is 5.10 Å². The first kappa shape index (κ1) is 23.4. The minimum absolute atomic E-state index is 0.0405. The fourth-order valence-corrected chi connectivity index (χ4v) is 3.48. The van der Waals surface area contributed by atoms with Crippen LogP contribution >= 0.6 is 0 Å². The molecule has 32 heavy (non-hydrogen) atoms. The summed E-state index contributed by atoms with van der Waals surface area (Å²) in [4.78, 5) is 14.3. The molecule has 3 aromatic rings. The maximum atomic E-state index is 13.6. The van der Waals surface area contributed by atoms with Crippen molar-refractivity contribution in [2.75, 3.05) is 7.05 Å². The molecule has 1 amide bonds. The van der Waals surface area contributed by atoms with Crippen molar-refractivity contribution in [2.45, 2.75) is 39.4 Å². The molecule has 170 valence electrons. The molecule has 0 spiro atoms. The number of carbonyl (C=O) groups is 1. The number of benzene rings is 2. The summed E-state index contributed by atoms with van der Waals surface area (Å²) in [6, 6.07) is 7.75. The Bertz CT molecular complexity index is 1150. The summed E-state index contributed by atoms with van der Waals surface area (Å²) in [7, 11) is 1.55. The second-order valence-electron chi connectivity index (χ2n) is 7.64. The zero-order valence-corrected chi connectivity index (χ0v) is 18.0. The summed E-state index contributed by atoms with van der Waals surface area (Å²) in [6.07, 6.45) is -4.52. The Morgan fingerprint density at radius 2 is 1.78 bits per heavy atom. The van der Waals surface area contributed by atoms with Crippen molar-refractivity contribution in [1.82, 2.24) is 14.7 Å². The van der Waals surface area contributed by atoms with Gasteiger partial charge in [-0.1, -0.05) is 12.1 Å². The van der Waals surface area contributed by atoms with Gasteiger partial charge in [0.1, 0.15) is 0 Å². The van der Waals surface area contributed by atoms with Crippen LogP contribution in [-0.2, 0) is 17.4 Å². The summed E-state index contributed by atoms with van der Waals surface area (Å²) in [6.45, 7) is 5.05. The fourth-order valence-electron chi connectivity index (χ4n) is 3.48. The van der Waals surface area contributed by atoms with Crippen molar-refractivity contribution in [3.05, 3.63) is 82.2 Å². The molecule has 0 fully saturated rings. The van der Waals surface area contributed by atoms with E-state index in [1.54, 1.807) is 27.8 Å². The number of nitrogens with zero attached hydrogens (tertiary/aromatic N) is 3. The SMILES string of the molecule is Cc1nn(-c2cccc(C(F)(F)F)c2)c(C)c1CC(=O)N(C)C(C)c1ccc(F)c(F)c1. The molecule has 3 rings (SSSR count). The van der Waals surface area contributed by atoms with Crippen molar-refractivity contribution in [2.24, 2.45) is 0 Å². The lowest BCUT2D eigenvalue weighted by Gasteiger charge is -2.25. The number of alkyl halides is 3. The van der Waals surface area contributed by atoms with Crippen molar-refractivity contribution >= 4 is 5.91 Å². The van der Waals surface area contributed by atoms with E-state index in [0.29, 0.717) is 22.5 Å². The Hall–Kier alpha value is -3.23. The number of hydrogen-bond donors (Lipinski definition) is 0. The minimum Gasteiger partial charge on any atom is -0.339 e. The number of likely N-dealkylation sites (N-methyl/N-ethyl adjacent to an activating group) is 1. The smallest absolute Gasteiger partial charge is 0.339 e. The normalized spacial score (nSPS) is 12.7. The predicted octanol–water partition coefficient (Wildman–Crippen LogP) is 5.55. The molecule has 0 bridgehead atoms. The van der Waals surface area contributed by atoms with E-state index in [4.69, 9.17) is 0 Å². The molecule has 0 aliphatic carbocycles. The Morgan fingerprint density at radius 1 is 1.09 bits per heavy atom. The second kappa shape index (κ2) is 8.72. The number of carbonyl (C=O) groups excluding carboxylic acids is 1. The number of rotatable bonds is 5. The minimum atomic E-state index is -4.48. The Kier molecular flexibility index (Phi) is 6.39. The van der Waals surface area contributed by atoms with Gasteiger partial charge in [0.2, 0.25) is 5.91 Å². The van der Waals surface area contributed by atoms with Gasteiger partial charge in [-0.05, 0) is 56.7 Å². The summed E-state index contributed by atoms with van der Waals surface area (Å²) < 4.78 is 67.4. The summed E-state index contributed by atoms with van der Waals surface area (Å²) in [5.74, 6) is -2.26. The standard InChI is InChI=1S/C23H22F5N3O/c1-13-19(12-22(32)30(4)14(2)16-8-9-20(24)21(25)10-16)15(3)31(29-13)18-7-5-6-17(11-18)23(26,27)28/h5-11,14H,12H2,1-4H3. The molecule has 1 aromatic heterocycles. The van der Waals surface area contributed by atoms with Gasteiger partial charge in [-0.15, -0.1) is 0 Å². The van der Waals surface area contributed by atoms with Gasteiger partial charge >= 0.3 is 6.18 Å². The third kappa shape index (κ3) is 4.66. The van der Waals surface area contributed by atoms with E-state index >= 15 is 0 Å². The first-order valence-electron chi connectivity index (χ1n) is 9.83. The number of aromatic nitrogens is 2. The average molecular weight is 451 g/mol. The first-order chi connectivity index (χ1) is 14.9. The molecule has 0 saturated carbocycles. The molecule has 1 heterocycles. The van der Waals surface area contributed by atoms with Crippen LogP contribution in [0.3, 0.4) is 0 Å². The van der Waals surface area contributed by atoms with Crippen molar-refractivity contribution in [3.8, 4) is 5.69 Å². The first-order valence-corrected chi connectivity index (χ1v) is 9.83. The number of aryl methyl sites for hydroxylation is 1. The molecule has 0 aliphatic rings. The van der Waals surface area contributed by atoms with E-state index in [1.165, 1.54) is 27.8 Å². The van der Waals surface area contributed by atoms with Gasteiger partial charge in [-0.25, -0.2) is 13.5 Å². The van der Waals surface area contributed by atoms with E-state index in [9.17, 15) is 26.7 Å². The van der Waals surface area contributed by atoms with Gasteiger partial charge in [0, 0.05) is 18.3 Å². The van der Waals surface area contributed by atoms with E-state index in [1.807, 2.05) is 0 Å². The molecule has 0 N–H and O–H groups in total. The highest BCUT2D eigenvalue weighted by Gasteiger charge is 2.31. The third-order valence-corrected chi connectivity index (χ3v) is 5.59. The molecule has 0 aliphatic heterocycles. The Morgan fingerprint density at radius 3 is 2.41 bits per heavy atom. The lowest BCUT2D eigenvalue weighted by atomic mass is 10.0. The van der Waals surface area contributed by atoms with Crippen LogP contribution in [0.4, 0.5) is 22.0 Å².